The van der Waals surface area contributed by atoms with Crippen molar-refractivity contribution in [2.75, 3.05) is 0 Å². The van der Waals surface area contributed by atoms with Crippen LogP contribution in [0.2, 0.25) is 0 Å². The van der Waals surface area contributed by atoms with E-state index in [1.165, 1.54) is 27.8 Å². The monoisotopic (exact) mass is 310 g/mol. The molecule has 0 saturated heterocycles. The molecule has 0 heterocycles. The molecule has 0 N–H and O–H groups in total. The third-order valence-corrected chi connectivity index (χ3v) is 5.09. The van der Waals surface area contributed by atoms with Crippen molar-refractivity contribution in [3.8, 4) is 0 Å². The molecule has 0 heteroatoms. The third kappa shape index (κ3) is 2.92. The quantitative estimate of drug-likeness (QED) is 0.529. The molecule has 2 unspecified atom stereocenters. The van der Waals surface area contributed by atoms with Crippen LogP contribution in [0.15, 0.2) is 91.0 Å². The number of hydrogen-bond donors (Lipinski definition) is 0. The molecule has 0 fully saturated rings. The zero-order valence-corrected chi connectivity index (χ0v) is 14.0. The van der Waals surface area contributed by atoms with Crippen LogP contribution in [0.25, 0.3) is 5.57 Å². The Kier molecular flexibility index (Phi) is 4.04. The summed E-state index contributed by atoms with van der Waals surface area (Å²) in [5.41, 5.74) is 7.00. The van der Waals surface area contributed by atoms with Crippen molar-refractivity contribution in [1.82, 2.24) is 0 Å². The molecule has 1 aliphatic rings. The maximum Gasteiger partial charge on any atom is 0.00959 e. The molecule has 3 aromatic carbocycles. The van der Waals surface area contributed by atoms with Crippen molar-refractivity contribution in [3.05, 3.63) is 113 Å². The predicted molar refractivity (Wildman–Crippen MR) is 102 cm³/mol. The Morgan fingerprint density at radius 1 is 0.667 bits per heavy atom. The summed E-state index contributed by atoms with van der Waals surface area (Å²) < 4.78 is 0. The van der Waals surface area contributed by atoms with Crippen molar-refractivity contribution in [1.29, 1.82) is 0 Å². The Balaban J connectivity index is 1.74. The SMILES string of the molecule is Cc1ccc(C2CC(c3ccccc3)=CC2c2ccccc2)cc1. The van der Waals surface area contributed by atoms with Gasteiger partial charge in [0, 0.05) is 5.92 Å². The first kappa shape index (κ1) is 15.0. The zero-order valence-electron chi connectivity index (χ0n) is 14.0. The summed E-state index contributed by atoms with van der Waals surface area (Å²) in [4.78, 5) is 0. The standard InChI is InChI=1S/C24H22/c1-18-12-14-21(15-13-18)24-17-22(19-8-4-2-5-9-19)16-23(24)20-10-6-3-7-11-20/h2-16,23-24H,17H2,1H3. The van der Waals surface area contributed by atoms with Crippen molar-refractivity contribution in [2.45, 2.75) is 25.2 Å². The lowest BCUT2D eigenvalue weighted by molar-refractivity contribution is 0.668. The smallest absolute Gasteiger partial charge is 0.00959 e. The third-order valence-electron chi connectivity index (χ3n) is 5.09. The maximum atomic E-state index is 2.48. The summed E-state index contributed by atoms with van der Waals surface area (Å²) in [5.74, 6) is 0.965. The molecule has 0 saturated carbocycles. The van der Waals surface area contributed by atoms with Crippen LogP contribution in [0.4, 0.5) is 0 Å². The first-order valence-corrected chi connectivity index (χ1v) is 8.69. The molecular weight excluding hydrogens is 288 g/mol. The summed E-state index contributed by atoms with van der Waals surface area (Å²) in [7, 11) is 0. The van der Waals surface area contributed by atoms with Crippen LogP contribution >= 0.6 is 0 Å². The van der Waals surface area contributed by atoms with Gasteiger partial charge in [-0.25, -0.2) is 0 Å². The molecule has 0 amide bonds. The number of allylic oxidation sites excluding steroid dienone is 2. The van der Waals surface area contributed by atoms with Gasteiger partial charge in [-0.15, -0.1) is 0 Å². The highest BCUT2D eigenvalue weighted by molar-refractivity contribution is 5.71. The summed E-state index contributed by atoms with van der Waals surface area (Å²) in [6.07, 6.45) is 3.59. The highest BCUT2D eigenvalue weighted by atomic mass is 14.3. The van der Waals surface area contributed by atoms with Gasteiger partial charge in [-0.2, -0.15) is 0 Å². The number of benzene rings is 3. The van der Waals surface area contributed by atoms with Crippen LogP contribution in [0, 0.1) is 6.92 Å². The molecule has 2 atom stereocenters. The number of rotatable bonds is 3. The van der Waals surface area contributed by atoms with Gasteiger partial charge >= 0.3 is 0 Å². The van der Waals surface area contributed by atoms with Gasteiger partial charge in [0.15, 0.2) is 0 Å². The predicted octanol–water partition coefficient (Wildman–Crippen LogP) is 6.35. The molecule has 0 aliphatic heterocycles. The summed E-state index contributed by atoms with van der Waals surface area (Å²) in [6.45, 7) is 2.15. The van der Waals surface area contributed by atoms with E-state index in [1.807, 2.05) is 0 Å². The van der Waals surface area contributed by atoms with E-state index >= 15 is 0 Å². The van der Waals surface area contributed by atoms with E-state index in [-0.39, 0.29) is 0 Å². The summed E-state index contributed by atoms with van der Waals surface area (Å²) in [5, 5.41) is 0. The Hall–Kier alpha value is -2.60. The minimum atomic E-state index is 0.448. The van der Waals surface area contributed by atoms with Crippen LogP contribution in [0.1, 0.15) is 40.5 Å². The molecule has 1 aliphatic carbocycles. The largest absolute Gasteiger partial charge is 0.0725 e. The highest BCUT2D eigenvalue weighted by Crippen LogP contribution is 2.47. The topological polar surface area (TPSA) is 0 Å². The van der Waals surface area contributed by atoms with Crippen LogP contribution in [0.5, 0.6) is 0 Å². The van der Waals surface area contributed by atoms with Gasteiger partial charge < -0.3 is 0 Å². The fourth-order valence-electron chi connectivity index (χ4n) is 3.77. The normalized spacial score (nSPS) is 20.0. The Morgan fingerprint density at radius 3 is 1.96 bits per heavy atom. The number of hydrogen-bond acceptors (Lipinski definition) is 0. The first-order chi connectivity index (χ1) is 11.8. The van der Waals surface area contributed by atoms with Gasteiger partial charge in [-0.05, 0) is 41.5 Å². The van der Waals surface area contributed by atoms with Gasteiger partial charge in [0.1, 0.15) is 0 Å². The fourth-order valence-corrected chi connectivity index (χ4v) is 3.77. The average molecular weight is 310 g/mol. The van der Waals surface area contributed by atoms with Gasteiger partial charge in [0.05, 0.1) is 0 Å². The summed E-state index contributed by atoms with van der Waals surface area (Å²) in [6, 6.07) is 30.8. The van der Waals surface area contributed by atoms with Crippen molar-refractivity contribution in [2.24, 2.45) is 0 Å². The number of aryl methyl sites for hydroxylation is 1. The van der Waals surface area contributed by atoms with Gasteiger partial charge in [0.2, 0.25) is 0 Å². The van der Waals surface area contributed by atoms with E-state index in [0.29, 0.717) is 11.8 Å². The molecule has 4 rings (SSSR count). The molecule has 3 aromatic rings. The van der Waals surface area contributed by atoms with E-state index in [0.717, 1.165) is 6.42 Å². The molecule has 24 heavy (non-hydrogen) atoms. The molecule has 0 nitrogen and oxygen atoms in total. The van der Waals surface area contributed by atoms with Gasteiger partial charge in [0.25, 0.3) is 0 Å². The second-order valence-electron chi connectivity index (χ2n) is 6.72. The lowest BCUT2D eigenvalue weighted by Crippen LogP contribution is -2.05. The van der Waals surface area contributed by atoms with Crippen LogP contribution in [-0.4, -0.2) is 0 Å². The Bertz CT molecular complexity index is 826. The maximum absolute atomic E-state index is 2.48. The van der Waals surface area contributed by atoms with Crippen LogP contribution in [0.3, 0.4) is 0 Å². The Morgan fingerprint density at radius 2 is 1.29 bits per heavy atom. The lowest BCUT2D eigenvalue weighted by atomic mass is 9.83. The zero-order chi connectivity index (χ0) is 16.4. The van der Waals surface area contributed by atoms with Crippen molar-refractivity contribution >= 4 is 5.57 Å². The molecule has 118 valence electrons. The summed E-state index contributed by atoms with van der Waals surface area (Å²) >= 11 is 0. The minimum Gasteiger partial charge on any atom is -0.0725 e. The minimum absolute atomic E-state index is 0.448. The van der Waals surface area contributed by atoms with E-state index in [4.69, 9.17) is 0 Å². The first-order valence-electron chi connectivity index (χ1n) is 8.69. The molecular formula is C24H22. The van der Waals surface area contributed by atoms with E-state index in [1.54, 1.807) is 0 Å². The van der Waals surface area contributed by atoms with Crippen LogP contribution < -0.4 is 0 Å². The van der Waals surface area contributed by atoms with Gasteiger partial charge in [-0.1, -0.05) is 96.6 Å². The Labute approximate surface area is 144 Å². The molecule has 0 aromatic heterocycles. The lowest BCUT2D eigenvalue weighted by Gasteiger charge is -2.20. The van der Waals surface area contributed by atoms with E-state index in [2.05, 4.69) is 97.9 Å². The van der Waals surface area contributed by atoms with Crippen molar-refractivity contribution < 1.29 is 0 Å². The molecule has 0 radical (unpaired) electrons. The van der Waals surface area contributed by atoms with E-state index in [9.17, 15) is 0 Å². The highest BCUT2D eigenvalue weighted by Gasteiger charge is 2.30. The van der Waals surface area contributed by atoms with E-state index < -0.39 is 0 Å². The second-order valence-corrected chi connectivity index (χ2v) is 6.72. The molecule has 0 spiro atoms. The molecule has 0 bridgehead atoms. The average Bonchev–Trinajstić information content (AvgIpc) is 3.09. The van der Waals surface area contributed by atoms with Crippen molar-refractivity contribution in [3.63, 3.8) is 0 Å². The van der Waals surface area contributed by atoms with Gasteiger partial charge in [-0.3, -0.25) is 0 Å². The fraction of sp³-hybridized carbons (Fsp3) is 0.167. The van der Waals surface area contributed by atoms with Crippen LogP contribution in [-0.2, 0) is 0 Å². The second kappa shape index (κ2) is 6.49.